The van der Waals surface area contributed by atoms with E-state index < -0.39 is 5.54 Å². The van der Waals surface area contributed by atoms with Crippen LogP contribution in [-0.4, -0.2) is 21.8 Å². The zero-order chi connectivity index (χ0) is 19.7. The minimum atomic E-state index is -0.725. The van der Waals surface area contributed by atoms with Crippen molar-refractivity contribution in [2.45, 2.75) is 25.3 Å². The van der Waals surface area contributed by atoms with Crippen molar-refractivity contribution >= 4 is 39.4 Å². The molecule has 1 aliphatic rings. The first-order valence-electron chi connectivity index (χ1n) is 9.08. The van der Waals surface area contributed by atoms with Gasteiger partial charge in [-0.2, -0.15) is 0 Å². The molecule has 2 heterocycles. The molecular weight excluding hydrogens is 375 g/mol. The maximum absolute atomic E-state index is 14.5. The Bertz CT molecular complexity index is 1080. The Morgan fingerprint density at radius 2 is 2.18 bits per heavy atom. The summed E-state index contributed by atoms with van der Waals surface area (Å²) in [6.07, 6.45) is 2.76. The number of carbonyl (C=O) groups is 1. The smallest absolute Gasteiger partial charge is 0.228 e. The Labute approximate surface area is 166 Å². The first-order chi connectivity index (χ1) is 13.4. The number of fused-ring (bicyclic) bond motifs is 1. The third-order valence-electron chi connectivity index (χ3n) is 5.05. The van der Waals surface area contributed by atoms with Gasteiger partial charge in [0.15, 0.2) is 5.17 Å². The third-order valence-corrected chi connectivity index (χ3v) is 5.85. The molecule has 4 N–H and O–H groups in total. The van der Waals surface area contributed by atoms with Crippen molar-refractivity contribution in [1.82, 2.24) is 4.98 Å². The molecular formula is C21H21FN4OS. The van der Waals surface area contributed by atoms with E-state index in [2.05, 4.69) is 15.3 Å². The zero-order valence-electron chi connectivity index (χ0n) is 15.5. The first kappa shape index (κ1) is 18.6. The highest BCUT2D eigenvalue weighted by Crippen LogP contribution is 2.37. The fourth-order valence-corrected chi connectivity index (χ4v) is 4.53. The van der Waals surface area contributed by atoms with E-state index in [1.807, 2.05) is 37.4 Å². The second kappa shape index (κ2) is 7.31. The van der Waals surface area contributed by atoms with Gasteiger partial charge >= 0.3 is 0 Å². The third kappa shape index (κ3) is 3.62. The lowest BCUT2D eigenvalue weighted by molar-refractivity contribution is -0.115. The van der Waals surface area contributed by atoms with Gasteiger partial charge in [-0.3, -0.25) is 9.79 Å². The van der Waals surface area contributed by atoms with Gasteiger partial charge in [-0.15, -0.1) is 0 Å². The van der Waals surface area contributed by atoms with Crippen LogP contribution in [-0.2, 0) is 16.8 Å². The zero-order valence-corrected chi connectivity index (χ0v) is 16.3. The molecule has 1 atom stereocenters. The van der Waals surface area contributed by atoms with Gasteiger partial charge in [0, 0.05) is 34.1 Å². The minimum Gasteiger partial charge on any atom is -0.379 e. The number of rotatable bonds is 4. The maximum Gasteiger partial charge on any atom is 0.228 e. The SMILES string of the molecule is CC1(c2cc(NC(=O)Cc3c[nH]c4ccccc34)ccc2F)CCSC(N)=N1. The minimum absolute atomic E-state index is 0.158. The standard InChI is InChI=1S/C21H21FN4OS/c1-21(8-9-28-20(23)26-21)16-11-14(6-7-17(16)22)25-19(27)10-13-12-24-18-5-3-2-4-15(13)18/h2-7,11-12,24H,8-10H2,1H3,(H2,23,26)(H,25,27). The van der Waals surface area contributed by atoms with E-state index in [9.17, 15) is 9.18 Å². The van der Waals surface area contributed by atoms with Crippen LogP contribution in [0.5, 0.6) is 0 Å². The number of H-pyrrole nitrogens is 1. The molecule has 1 aliphatic heterocycles. The van der Waals surface area contributed by atoms with Gasteiger partial charge in [0.05, 0.1) is 12.0 Å². The second-order valence-electron chi connectivity index (χ2n) is 7.10. The molecule has 3 aromatic rings. The molecule has 0 bridgehead atoms. The molecule has 1 amide bonds. The Morgan fingerprint density at radius 3 is 3.00 bits per heavy atom. The van der Waals surface area contributed by atoms with Gasteiger partial charge in [0.2, 0.25) is 5.91 Å². The van der Waals surface area contributed by atoms with Crippen LogP contribution in [0.4, 0.5) is 10.1 Å². The summed E-state index contributed by atoms with van der Waals surface area (Å²) in [7, 11) is 0. The number of nitrogens with two attached hydrogens (primary N) is 1. The van der Waals surface area contributed by atoms with E-state index in [0.717, 1.165) is 22.2 Å². The summed E-state index contributed by atoms with van der Waals surface area (Å²) < 4.78 is 14.5. The molecule has 0 aliphatic carbocycles. The normalized spacial score (nSPS) is 19.4. The van der Waals surface area contributed by atoms with Crippen molar-refractivity contribution < 1.29 is 9.18 Å². The van der Waals surface area contributed by atoms with Crippen LogP contribution in [0, 0.1) is 5.82 Å². The van der Waals surface area contributed by atoms with Gasteiger partial charge in [0.25, 0.3) is 0 Å². The second-order valence-corrected chi connectivity index (χ2v) is 8.22. The molecule has 0 radical (unpaired) electrons. The van der Waals surface area contributed by atoms with Crippen LogP contribution < -0.4 is 11.1 Å². The number of amides is 1. The molecule has 0 saturated carbocycles. The van der Waals surface area contributed by atoms with Crippen molar-refractivity contribution in [3.05, 3.63) is 65.6 Å². The Kier molecular flexibility index (Phi) is 4.85. The lowest BCUT2D eigenvalue weighted by Gasteiger charge is -2.30. The molecule has 0 spiro atoms. The predicted molar refractivity (Wildman–Crippen MR) is 113 cm³/mol. The maximum atomic E-state index is 14.5. The molecule has 7 heteroatoms. The molecule has 4 rings (SSSR count). The highest BCUT2D eigenvalue weighted by molar-refractivity contribution is 8.13. The summed E-state index contributed by atoms with van der Waals surface area (Å²) >= 11 is 1.47. The van der Waals surface area contributed by atoms with E-state index in [1.165, 1.54) is 17.8 Å². The number of nitrogens with zero attached hydrogens (tertiary/aromatic N) is 1. The van der Waals surface area contributed by atoms with Crippen molar-refractivity contribution in [3.63, 3.8) is 0 Å². The van der Waals surface area contributed by atoms with Crippen LogP contribution in [0.3, 0.4) is 0 Å². The average Bonchev–Trinajstić information content (AvgIpc) is 3.06. The van der Waals surface area contributed by atoms with Crippen LogP contribution in [0.2, 0.25) is 0 Å². The van der Waals surface area contributed by atoms with E-state index in [4.69, 9.17) is 5.73 Å². The van der Waals surface area contributed by atoms with Gasteiger partial charge in [-0.25, -0.2) is 4.39 Å². The van der Waals surface area contributed by atoms with Crippen LogP contribution in [0.1, 0.15) is 24.5 Å². The fraction of sp³-hybridized carbons (Fsp3) is 0.238. The van der Waals surface area contributed by atoms with Gasteiger partial charge in [-0.05, 0) is 43.2 Å². The fourth-order valence-electron chi connectivity index (χ4n) is 3.55. The number of benzene rings is 2. The number of carbonyl (C=O) groups excluding carboxylic acids is 1. The summed E-state index contributed by atoms with van der Waals surface area (Å²) in [5, 5.41) is 4.36. The molecule has 0 fully saturated rings. The lowest BCUT2D eigenvalue weighted by atomic mass is 9.89. The Hall–Kier alpha value is -2.80. The summed E-state index contributed by atoms with van der Waals surface area (Å²) in [6.45, 7) is 1.87. The van der Waals surface area contributed by atoms with Crippen molar-refractivity contribution in [1.29, 1.82) is 0 Å². The highest BCUT2D eigenvalue weighted by atomic mass is 32.2. The largest absolute Gasteiger partial charge is 0.379 e. The summed E-state index contributed by atoms with van der Waals surface area (Å²) in [5.74, 6) is 0.276. The van der Waals surface area contributed by atoms with E-state index in [1.54, 1.807) is 12.1 Å². The van der Waals surface area contributed by atoms with Gasteiger partial charge in [-0.1, -0.05) is 30.0 Å². The first-order valence-corrected chi connectivity index (χ1v) is 10.1. The number of thioether (sulfide) groups is 1. The topological polar surface area (TPSA) is 83.3 Å². The van der Waals surface area contributed by atoms with Crippen molar-refractivity contribution in [3.8, 4) is 0 Å². The molecule has 0 saturated heterocycles. The Morgan fingerprint density at radius 1 is 1.36 bits per heavy atom. The van der Waals surface area contributed by atoms with E-state index in [-0.39, 0.29) is 18.1 Å². The monoisotopic (exact) mass is 396 g/mol. The number of amidine groups is 1. The molecule has 28 heavy (non-hydrogen) atoms. The highest BCUT2D eigenvalue weighted by Gasteiger charge is 2.32. The molecule has 144 valence electrons. The number of hydrogen-bond donors (Lipinski definition) is 3. The van der Waals surface area contributed by atoms with E-state index >= 15 is 0 Å². The predicted octanol–water partition coefficient (Wildman–Crippen LogP) is 4.16. The lowest BCUT2D eigenvalue weighted by Crippen LogP contribution is -2.30. The molecule has 5 nitrogen and oxygen atoms in total. The molecule has 1 unspecified atom stereocenters. The van der Waals surface area contributed by atoms with Crippen LogP contribution in [0.25, 0.3) is 10.9 Å². The summed E-state index contributed by atoms with van der Waals surface area (Å²) in [6, 6.07) is 12.4. The summed E-state index contributed by atoms with van der Waals surface area (Å²) in [4.78, 5) is 20.2. The number of para-hydroxylation sites is 1. The summed E-state index contributed by atoms with van der Waals surface area (Å²) in [5.41, 5.74) is 8.04. The average molecular weight is 396 g/mol. The van der Waals surface area contributed by atoms with E-state index in [0.29, 0.717) is 22.8 Å². The number of anilines is 1. The number of aromatic amines is 1. The van der Waals surface area contributed by atoms with Crippen molar-refractivity contribution in [2.75, 3.05) is 11.1 Å². The molecule has 2 aromatic carbocycles. The van der Waals surface area contributed by atoms with Crippen LogP contribution in [0.15, 0.2) is 53.7 Å². The number of hydrogen-bond acceptors (Lipinski definition) is 4. The number of aliphatic imine (C=N–C) groups is 1. The molecule has 1 aromatic heterocycles. The Balaban J connectivity index is 1.55. The number of nitrogens with one attached hydrogen (secondary N) is 2. The number of aromatic nitrogens is 1. The quantitative estimate of drug-likeness (QED) is 0.619. The van der Waals surface area contributed by atoms with Gasteiger partial charge in [0.1, 0.15) is 5.82 Å². The number of halogens is 1. The van der Waals surface area contributed by atoms with Crippen LogP contribution >= 0.6 is 11.8 Å². The van der Waals surface area contributed by atoms with Gasteiger partial charge < -0.3 is 16.0 Å². The van der Waals surface area contributed by atoms with Crippen molar-refractivity contribution in [2.24, 2.45) is 10.7 Å².